The highest BCUT2D eigenvalue weighted by molar-refractivity contribution is 7.99. The monoisotopic (exact) mass is 205 g/mol. The summed E-state index contributed by atoms with van der Waals surface area (Å²) in [6.45, 7) is 0. The van der Waals surface area contributed by atoms with Crippen molar-refractivity contribution < 1.29 is 0 Å². The van der Waals surface area contributed by atoms with E-state index in [0.717, 1.165) is 17.1 Å². The van der Waals surface area contributed by atoms with Gasteiger partial charge in [0.05, 0.1) is 5.39 Å². The normalized spacial score (nSPS) is 15.8. The zero-order valence-electron chi connectivity index (χ0n) is 8.03. The number of thioether (sulfide) groups is 1. The van der Waals surface area contributed by atoms with Crippen molar-refractivity contribution >= 4 is 22.8 Å². The van der Waals surface area contributed by atoms with E-state index >= 15 is 0 Å². The Morgan fingerprint density at radius 3 is 3.29 bits per heavy atom. The van der Waals surface area contributed by atoms with E-state index in [2.05, 4.69) is 27.8 Å². The zero-order valence-corrected chi connectivity index (χ0v) is 8.84. The largest absolute Gasteiger partial charge is 0.335 e. The highest BCUT2D eigenvalue weighted by Gasteiger charge is 2.15. The summed E-state index contributed by atoms with van der Waals surface area (Å²) in [7, 11) is 2.05. The van der Waals surface area contributed by atoms with Gasteiger partial charge in [0, 0.05) is 13.2 Å². The summed E-state index contributed by atoms with van der Waals surface area (Å²) in [5, 5.41) is 2.43. The van der Waals surface area contributed by atoms with Crippen molar-refractivity contribution in [3.05, 3.63) is 18.1 Å². The van der Waals surface area contributed by atoms with Crippen molar-refractivity contribution in [1.82, 2.24) is 14.5 Å². The smallest absolute Gasteiger partial charge is 0.144 e. The molecule has 1 aliphatic rings. The molecule has 3 heterocycles. The number of hydrogen-bond acceptors (Lipinski definition) is 3. The van der Waals surface area contributed by atoms with Gasteiger partial charge in [-0.2, -0.15) is 0 Å². The predicted octanol–water partition coefficient (Wildman–Crippen LogP) is 2.01. The Labute approximate surface area is 86.5 Å². The summed E-state index contributed by atoms with van der Waals surface area (Å²) in [5.41, 5.74) is 2.47. The maximum atomic E-state index is 4.35. The molecular weight excluding hydrogens is 194 g/mol. The number of hydrogen-bond donors (Lipinski definition) is 0. The maximum Gasteiger partial charge on any atom is 0.144 e. The molecular formula is C10H11N3S. The molecule has 0 aromatic carbocycles. The summed E-state index contributed by atoms with van der Waals surface area (Å²) in [6.07, 6.45) is 6.25. The first-order chi connectivity index (χ1) is 6.86. The van der Waals surface area contributed by atoms with Crippen molar-refractivity contribution in [2.24, 2.45) is 7.05 Å². The van der Waals surface area contributed by atoms with Gasteiger partial charge >= 0.3 is 0 Å². The molecule has 0 radical (unpaired) electrons. The van der Waals surface area contributed by atoms with Gasteiger partial charge in [0.1, 0.15) is 17.0 Å². The topological polar surface area (TPSA) is 30.7 Å². The van der Waals surface area contributed by atoms with E-state index < -0.39 is 0 Å². The quantitative estimate of drug-likeness (QED) is 0.616. The van der Waals surface area contributed by atoms with Crippen LogP contribution in [0.3, 0.4) is 0 Å². The molecule has 2 aromatic heterocycles. The summed E-state index contributed by atoms with van der Waals surface area (Å²) in [4.78, 5) is 8.67. The van der Waals surface area contributed by atoms with Crippen LogP contribution < -0.4 is 0 Å². The third kappa shape index (κ3) is 1.07. The summed E-state index contributed by atoms with van der Waals surface area (Å²) in [5.74, 6) is 1.17. The molecule has 72 valence electrons. The molecule has 0 amide bonds. The van der Waals surface area contributed by atoms with Crippen LogP contribution in [0.15, 0.2) is 17.6 Å². The third-order valence-corrected chi connectivity index (χ3v) is 3.70. The molecule has 2 aromatic rings. The van der Waals surface area contributed by atoms with Gasteiger partial charge in [-0.1, -0.05) is 0 Å². The molecule has 0 fully saturated rings. The fourth-order valence-electron chi connectivity index (χ4n) is 2.00. The van der Waals surface area contributed by atoms with Crippen molar-refractivity contribution in [2.75, 3.05) is 5.75 Å². The second-order valence-corrected chi connectivity index (χ2v) is 4.68. The lowest BCUT2D eigenvalue weighted by molar-refractivity contribution is 0.902. The molecule has 0 saturated carbocycles. The summed E-state index contributed by atoms with van der Waals surface area (Å²) >= 11 is 1.85. The molecule has 0 saturated heterocycles. The van der Waals surface area contributed by atoms with E-state index in [1.165, 1.54) is 23.1 Å². The molecule has 14 heavy (non-hydrogen) atoms. The summed E-state index contributed by atoms with van der Waals surface area (Å²) in [6, 6.07) is 0. The van der Waals surface area contributed by atoms with Gasteiger partial charge < -0.3 is 4.57 Å². The van der Waals surface area contributed by atoms with E-state index in [4.69, 9.17) is 0 Å². The lowest BCUT2D eigenvalue weighted by Crippen LogP contribution is -1.90. The molecule has 0 spiro atoms. The Kier molecular flexibility index (Phi) is 1.77. The third-order valence-electron chi connectivity index (χ3n) is 2.63. The lowest BCUT2D eigenvalue weighted by atomic mass is 10.1. The predicted molar refractivity (Wildman–Crippen MR) is 57.6 cm³/mol. The fraction of sp³-hybridized carbons (Fsp3) is 0.400. The fourth-order valence-corrected chi connectivity index (χ4v) is 2.97. The number of nitrogens with zero attached hydrogens (tertiary/aromatic N) is 3. The Hall–Kier alpha value is -1.03. The first kappa shape index (κ1) is 8.29. The van der Waals surface area contributed by atoms with Crippen LogP contribution in [-0.2, 0) is 13.5 Å². The SMILES string of the molecule is Cn1cc2c3c(ncnc31)SCCC2. The highest BCUT2D eigenvalue weighted by atomic mass is 32.2. The minimum atomic E-state index is 1.07. The Morgan fingerprint density at radius 1 is 1.43 bits per heavy atom. The van der Waals surface area contributed by atoms with Crippen LogP contribution in [0.25, 0.3) is 11.0 Å². The average Bonchev–Trinajstić information content (AvgIpc) is 2.41. The van der Waals surface area contributed by atoms with Gasteiger partial charge in [-0.3, -0.25) is 0 Å². The molecule has 3 nitrogen and oxygen atoms in total. The molecule has 3 rings (SSSR count). The van der Waals surface area contributed by atoms with Crippen LogP contribution >= 0.6 is 11.8 Å². The average molecular weight is 205 g/mol. The summed E-state index contributed by atoms with van der Waals surface area (Å²) < 4.78 is 2.10. The van der Waals surface area contributed by atoms with Crippen LogP contribution in [0.5, 0.6) is 0 Å². The van der Waals surface area contributed by atoms with E-state index in [1.54, 1.807) is 6.33 Å². The van der Waals surface area contributed by atoms with Gasteiger partial charge in [0.25, 0.3) is 0 Å². The van der Waals surface area contributed by atoms with E-state index in [1.807, 2.05) is 11.8 Å². The van der Waals surface area contributed by atoms with Crippen molar-refractivity contribution in [2.45, 2.75) is 17.9 Å². The van der Waals surface area contributed by atoms with Crippen molar-refractivity contribution in [3.8, 4) is 0 Å². The molecule has 0 bridgehead atoms. The van der Waals surface area contributed by atoms with Crippen LogP contribution in [0.1, 0.15) is 12.0 Å². The van der Waals surface area contributed by atoms with Crippen molar-refractivity contribution in [3.63, 3.8) is 0 Å². The number of aromatic nitrogens is 3. The lowest BCUT2D eigenvalue weighted by Gasteiger charge is -1.99. The second kappa shape index (κ2) is 2.98. The zero-order chi connectivity index (χ0) is 9.54. The van der Waals surface area contributed by atoms with E-state index in [9.17, 15) is 0 Å². The minimum absolute atomic E-state index is 1.07. The van der Waals surface area contributed by atoms with Gasteiger partial charge in [0.15, 0.2) is 0 Å². The van der Waals surface area contributed by atoms with Crippen LogP contribution in [0, 0.1) is 0 Å². The molecule has 0 unspecified atom stereocenters. The second-order valence-electron chi connectivity index (χ2n) is 3.59. The molecule has 0 atom stereocenters. The van der Waals surface area contributed by atoms with Gasteiger partial charge in [0.2, 0.25) is 0 Å². The number of aryl methyl sites for hydroxylation is 2. The standard InChI is InChI=1S/C10H11N3S/c1-13-5-7-3-2-4-14-10-8(7)9(13)11-6-12-10/h5-6H,2-4H2,1H3. The molecule has 1 aliphatic heterocycles. The first-order valence-electron chi connectivity index (χ1n) is 4.78. The Bertz CT molecular complexity index is 489. The highest BCUT2D eigenvalue weighted by Crippen LogP contribution is 2.32. The Morgan fingerprint density at radius 2 is 2.36 bits per heavy atom. The molecule has 4 heteroatoms. The van der Waals surface area contributed by atoms with Gasteiger partial charge in [-0.25, -0.2) is 9.97 Å². The van der Waals surface area contributed by atoms with Crippen LogP contribution in [0.2, 0.25) is 0 Å². The maximum absolute atomic E-state index is 4.35. The Balaban J connectivity index is 2.42. The first-order valence-corrected chi connectivity index (χ1v) is 5.76. The van der Waals surface area contributed by atoms with E-state index in [-0.39, 0.29) is 0 Å². The number of rotatable bonds is 0. The van der Waals surface area contributed by atoms with Crippen LogP contribution in [-0.4, -0.2) is 20.3 Å². The van der Waals surface area contributed by atoms with Crippen LogP contribution in [0.4, 0.5) is 0 Å². The van der Waals surface area contributed by atoms with E-state index in [0.29, 0.717) is 0 Å². The van der Waals surface area contributed by atoms with Gasteiger partial charge in [-0.05, 0) is 24.2 Å². The van der Waals surface area contributed by atoms with Crippen molar-refractivity contribution in [1.29, 1.82) is 0 Å². The molecule has 0 aliphatic carbocycles. The minimum Gasteiger partial charge on any atom is -0.335 e. The molecule has 0 N–H and O–H groups in total. The van der Waals surface area contributed by atoms with Gasteiger partial charge in [-0.15, -0.1) is 11.8 Å².